The van der Waals surface area contributed by atoms with E-state index in [9.17, 15) is 4.21 Å². The normalized spacial score (nSPS) is 15.9. The maximum Gasteiger partial charge on any atom is 0.0272 e. The van der Waals surface area contributed by atoms with E-state index in [0.29, 0.717) is 12.5 Å². The molecule has 0 spiro atoms. The summed E-state index contributed by atoms with van der Waals surface area (Å²) in [5.41, 5.74) is 5.44. The molecule has 0 aliphatic rings. The molecule has 2 nitrogen and oxygen atoms in total. The lowest BCUT2D eigenvalue weighted by atomic mass is 10.2. The Hall–Kier alpha value is 0.460. The molecule has 2 atom stereocenters. The maximum atomic E-state index is 11.3. The Morgan fingerprint density at radius 1 is 1.58 bits per heavy atom. The van der Waals surface area contributed by atoms with Crippen molar-refractivity contribution in [2.45, 2.75) is 13.3 Å². The van der Waals surface area contributed by atoms with E-state index in [0.717, 1.165) is 23.7 Å². The second-order valence-corrected chi connectivity index (χ2v) is 5.60. The smallest absolute Gasteiger partial charge is 0.0272 e. The first-order valence-corrected chi connectivity index (χ1v) is 7.12. The number of thioether (sulfide) groups is 1. The average molecular weight is 209 g/mol. The molecule has 0 fully saturated rings. The van der Waals surface area contributed by atoms with E-state index in [1.54, 1.807) is 0 Å². The molecule has 2 N–H and O–H groups in total. The van der Waals surface area contributed by atoms with E-state index < -0.39 is 10.8 Å². The molecule has 0 bridgehead atoms. The van der Waals surface area contributed by atoms with Gasteiger partial charge >= 0.3 is 0 Å². The summed E-state index contributed by atoms with van der Waals surface area (Å²) in [7, 11) is -0.645. The minimum Gasteiger partial charge on any atom is -0.330 e. The van der Waals surface area contributed by atoms with Gasteiger partial charge in [0.1, 0.15) is 0 Å². The van der Waals surface area contributed by atoms with Crippen molar-refractivity contribution in [1.29, 1.82) is 0 Å². The molecule has 0 rings (SSSR count). The lowest BCUT2D eigenvalue weighted by Gasteiger charge is -2.07. The first-order valence-electron chi connectivity index (χ1n) is 4.24. The van der Waals surface area contributed by atoms with Crippen LogP contribution in [0.3, 0.4) is 0 Å². The zero-order chi connectivity index (χ0) is 9.40. The maximum absolute atomic E-state index is 11.3. The summed E-state index contributed by atoms with van der Waals surface area (Å²) in [6.07, 6.45) is 3.14. The second-order valence-electron chi connectivity index (χ2n) is 3.00. The third kappa shape index (κ3) is 7.13. The van der Waals surface area contributed by atoms with Gasteiger partial charge in [0.25, 0.3) is 0 Å². The first kappa shape index (κ1) is 12.5. The highest BCUT2D eigenvalue weighted by Crippen LogP contribution is 2.00. The van der Waals surface area contributed by atoms with Crippen LogP contribution in [0.15, 0.2) is 0 Å². The fraction of sp³-hybridized carbons (Fsp3) is 1.00. The van der Waals surface area contributed by atoms with E-state index in [1.807, 2.05) is 18.7 Å². The molecule has 0 aliphatic carbocycles. The van der Waals surface area contributed by atoms with Gasteiger partial charge in [-0.3, -0.25) is 4.21 Å². The molecule has 0 radical (unpaired) electrons. The molecule has 12 heavy (non-hydrogen) atoms. The van der Waals surface area contributed by atoms with Gasteiger partial charge < -0.3 is 5.73 Å². The van der Waals surface area contributed by atoms with E-state index in [4.69, 9.17) is 5.73 Å². The predicted octanol–water partition coefficient (Wildman–Crippen LogP) is 1.08. The van der Waals surface area contributed by atoms with Crippen molar-refractivity contribution < 1.29 is 4.21 Å². The van der Waals surface area contributed by atoms with Gasteiger partial charge in [-0.2, -0.15) is 11.8 Å². The Balaban J connectivity index is 3.33. The molecule has 0 aromatic carbocycles. The van der Waals surface area contributed by atoms with Crippen LogP contribution in [-0.4, -0.2) is 34.3 Å². The Labute approximate surface area is 82.1 Å². The van der Waals surface area contributed by atoms with Crippen LogP contribution in [0.2, 0.25) is 0 Å². The quantitative estimate of drug-likeness (QED) is 0.638. The van der Waals surface area contributed by atoms with Crippen LogP contribution in [0.1, 0.15) is 13.3 Å². The van der Waals surface area contributed by atoms with Crippen LogP contribution < -0.4 is 5.73 Å². The Kier molecular flexibility index (Phi) is 8.39. The van der Waals surface area contributed by atoms with Gasteiger partial charge in [-0.25, -0.2) is 0 Å². The minimum absolute atomic E-state index is 0.403. The first-order chi connectivity index (χ1) is 5.70. The van der Waals surface area contributed by atoms with Crippen LogP contribution in [0, 0.1) is 5.92 Å². The van der Waals surface area contributed by atoms with Crippen LogP contribution in [0.25, 0.3) is 0 Å². The van der Waals surface area contributed by atoms with Gasteiger partial charge in [0.05, 0.1) is 0 Å². The van der Waals surface area contributed by atoms with Gasteiger partial charge in [-0.05, 0) is 30.9 Å². The van der Waals surface area contributed by atoms with Gasteiger partial charge in [0.2, 0.25) is 0 Å². The van der Waals surface area contributed by atoms with Gasteiger partial charge in [-0.15, -0.1) is 0 Å². The lowest BCUT2D eigenvalue weighted by molar-refractivity contribution is 0.640. The van der Waals surface area contributed by atoms with Crippen LogP contribution in [0.5, 0.6) is 0 Å². The number of hydrogen-bond donors (Lipinski definition) is 1. The fourth-order valence-electron chi connectivity index (χ4n) is 0.833. The molecule has 0 aliphatic heterocycles. The third-order valence-corrected chi connectivity index (χ3v) is 3.98. The van der Waals surface area contributed by atoms with Crippen LogP contribution >= 0.6 is 11.8 Å². The minimum atomic E-state index is -0.645. The zero-order valence-electron chi connectivity index (χ0n) is 7.91. The van der Waals surface area contributed by atoms with Crippen molar-refractivity contribution >= 4 is 22.6 Å². The summed E-state index contributed by atoms with van der Waals surface area (Å²) in [4.78, 5) is 0. The summed E-state index contributed by atoms with van der Waals surface area (Å²) in [6, 6.07) is 0. The van der Waals surface area contributed by atoms with Crippen molar-refractivity contribution in [3.05, 3.63) is 0 Å². The van der Waals surface area contributed by atoms with Crippen molar-refractivity contribution in [3.63, 3.8) is 0 Å². The Morgan fingerprint density at radius 3 is 2.75 bits per heavy atom. The summed E-state index contributed by atoms with van der Waals surface area (Å²) >= 11 is 1.81. The van der Waals surface area contributed by atoms with E-state index in [-0.39, 0.29) is 0 Å². The van der Waals surface area contributed by atoms with Gasteiger partial charge in [-0.1, -0.05) is 6.92 Å². The molecule has 74 valence electrons. The van der Waals surface area contributed by atoms with E-state index in [1.165, 1.54) is 0 Å². The van der Waals surface area contributed by atoms with Gasteiger partial charge in [0, 0.05) is 22.3 Å². The molecule has 0 aromatic heterocycles. The molecule has 0 amide bonds. The van der Waals surface area contributed by atoms with Crippen molar-refractivity contribution in [2.75, 3.05) is 30.1 Å². The molecular weight excluding hydrogens is 190 g/mol. The molecule has 2 unspecified atom stereocenters. The van der Waals surface area contributed by atoms with Crippen molar-refractivity contribution in [1.82, 2.24) is 0 Å². The lowest BCUT2D eigenvalue weighted by Crippen LogP contribution is -2.19. The average Bonchev–Trinajstić information content (AvgIpc) is 2.05. The zero-order valence-corrected chi connectivity index (χ0v) is 9.55. The summed E-state index contributed by atoms with van der Waals surface area (Å²) < 4.78 is 11.3. The van der Waals surface area contributed by atoms with Gasteiger partial charge in [0.15, 0.2) is 0 Å². The number of rotatable bonds is 7. The number of hydrogen-bond acceptors (Lipinski definition) is 3. The molecule has 0 aromatic rings. The predicted molar refractivity (Wildman–Crippen MR) is 59.1 cm³/mol. The Morgan fingerprint density at radius 2 is 2.25 bits per heavy atom. The van der Waals surface area contributed by atoms with Crippen LogP contribution in [0.4, 0.5) is 0 Å². The third-order valence-electron chi connectivity index (χ3n) is 1.59. The SMILES string of the molecule is CSCCCS(=O)CC(C)CN. The highest BCUT2D eigenvalue weighted by atomic mass is 32.2. The summed E-state index contributed by atoms with van der Waals surface area (Å²) in [5.74, 6) is 3.12. The Bertz CT molecular complexity index is 130. The molecule has 0 heterocycles. The largest absolute Gasteiger partial charge is 0.330 e. The summed E-state index contributed by atoms with van der Waals surface area (Å²) in [5, 5.41) is 0. The van der Waals surface area contributed by atoms with Crippen molar-refractivity contribution in [2.24, 2.45) is 11.7 Å². The second kappa shape index (κ2) is 8.08. The monoisotopic (exact) mass is 209 g/mol. The highest BCUT2D eigenvalue weighted by Gasteiger charge is 2.04. The summed E-state index contributed by atoms with van der Waals surface area (Å²) in [6.45, 7) is 2.70. The molecule has 0 saturated carbocycles. The number of nitrogens with two attached hydrogens (primary N) is 1. The van der Waals surface area contributed by atoms with Crippen LogP contribution in [-0.2, 0) is 10.8 Å². The molecular formula is C8H19NOS2. The highest BCUT2D eigenvalue weighted by molar-refractivity contribution is 7.98. The van der Waals surface area contributed by atoms with E-state index >= 15 is 0 Å². The topological polar surface area (TPSA) is 43.1 Å². The fourth-order valence-corrected chi connectivity index (χ4v) is 2.85. The molecule has 0 saturated heterocycles. The molecule has 4 heteroatoms. The van der Waals surface area contributed by atoms with Crippen molar-refractivity contribution in [3.8, 4) is 0 Å². The van der Waals surface area contributed by atoms with E-state index in [2.05, 4.69) is 6.26 Å². The standard InChI is InChI=1S/C8H19NOS2/c1-8(6-9)7-12(10)5-3-4-11-2/h8H,3-7,9H2,1-2H3.